The zero-order chi connectivity index (χ0) is 11.8. The molecule has 2 saturated carbocycles. The maximum absolute atomic E-state index is 4.35. The highest BCUT2D eigenvalue weighted by atomic mass is 15.3. The second kappa shape index (κ2) is 4.41. The van der Waals surface area contributed by atoms with Crippen LogP contribution in [0.25, 0.3) is 0 Å². The van der Waals surface area contributed by atoms with Crippen LogP contribution in [0.1, 0.15) is 31.5 Å². The van der Waals surface area contributed by atoms with E-state index < -0.39 is 0 Å². The van der Waals surface area contributed by atoms with Crippen molar-refractivity contribution in [3.05, 3.63) is 12.2 Å². The van der Waals surface area contributed by atoms with Crippen LogP contribution >= 0.6 is 0 Å². The highest BCUT2D eigenvalue weighted by Gasteiger charge is 2.42. The highest BCUT2D eigenvalue weighted by molar-refractivity contribution is 4.99. The molecule has 4 unspecified atom stereocenters. The predicted molar refractivity (Wildman–Crippen MR) is 66.5 cm³/mol. The Labute approximate surface area is 103 Å². The van der Waals surface area contributed by atoms with E-state index in [1.807, 2.05) is 11.7 Å². The van der Waals surface area contributed by atoms with Crippen molar-refractivity contribution >= 4 is 0 Å². The van der Waals surface area contributed by atoms with Crippen LogP contribution in [0.4, 0.5) is 0 Å². The van der Waals surface area contributed by atoms with E-state index in [0.29, 0.717) is 6.04 Å². The van der Waals surface area contributed by atoms with E-state index in [2.05, 4.69) is 22.4 Å². The first-order chi connectivity index (χ1) is 8.28. The predicted octanol–water partition coefficient (Wildman–Crippen LogP) is 1.38. The molecule has 4 nitrogen and oxygen atoms in total. The van der Waals surface area contributed by atoms with Gasteiger partial charge in [-0.3, -0.25) is 4.68 Å². The molecule has 0 amide bonds. The summed E-state index contributed by atoms with van der Waals surface area (Å²) in [6, 6.07) is 0.577. The molecule has 0 saturated heterocycles. The molecule has 17 heavy (non-hydrogen) atoms. The Morgan fingerprint density at radius 1 is 1.47 bits per heavy atom. The Kier molecular flexibility index (Phi) is 2.90. The van der Waals surface area contributed by atoms with Crippen LogP contribution in [0.2, 0.25) is 0 Å². The molecule has 2 aliphatic carbocycles. The monoisotopic (exact) mass is 234 g/mol. The van der Waals surface area contributed by atoms with E-state index in [1.54, 1.807) is 6.33 Å². The Morgan fingerprint density at radius 3 is 2.88 bits per heavy atom. The average molecular weight is 234 g/mol. The van der Waals surface area contributed by atoms with E-state index in [4.69, 9.17) is 0 Å². The zero-order valence-electron chi connectivity index (χ0n) is 10.8. The van der Waals surface area contributed by atoms with Crippen LogP contribution in [0, 0.1) is 17.8 Å². The number of rotatable bonds is 4. The molecule has 0 spiro atoms. The fourth-order valence-corrected chi connectivity index (χ4v) is 3.96. The second-order valence-corrected chi connectivity index (χ2v) is 5.74. The summed E-state index contributed by atoms with van der Waals surface area (Å²) in [6.45, 7) is 0. The number of fused-ring (bicyclic) bond motifs is 2. The Morgan fingerprint density at radius 2 is 2.35 bits per heavy atom. The number of likely N-dealkylation sites (N-methyl/N-ethyl adjacent to an activating group) is 1. The van der Waals surface area contributed by atoms with Crippen molar-refractivity contribution in [3.63, 3.8) is 0 Å². The van der Waals surface area contributed by atoms with Crippen molar-refractivity contribution in [2.24, 2.45) is 24.8 Å². The molecular formula is C13H22N4. The molecule has 1 N–H and O–H groups in total. The minimum absolute atomic E-state index is 0.577. The van der Waals surface area contributed by atoms with Gasteiger partial charge in [0.15, 0.2) is 0 Å². The normalized spacial score (nSPS) is 33.2. The van der Waals surface area contributed by atoms with Crippen LogP contribution in [0.3, 0.4) is 0 Å². The number of aryl methyl sites for hydroxylation is 1. The summed E-state index contributed by atoms with van der Waals surface area (Å²) in [7, 11) is 4.07. The molecule has 2 bridgehead atoms. The highest BCUT2D eigenvalue weighted by Crippen LogP contribution is 2.49. The van der Waals surface area contributed by atoms with E-state index in [9.17, 15) is 0 Å². The molecule has 3 rings (SSSR count). The van der Waals surface area contributed by atoms with Gasteiger partial charge in [-0.15, -0.1) is 0 Å². The molecule has 1 aromatic heterocycles. The summed E-state index contributed by atoms with van der Waals surface area (Å²) in [5.74, 6) is 3.94. The number of nitrogens with zero attached hydrogens (tertiary/aromatic N) is 3. The fourth-order valence-electron chi connectivity index (χ4n) is 3.96. The first-order valence-corrected chi connectivity index (χ1v) is 6.78. The summed E-state index contributed by atoms with van der Waals surface area (Å²) >= 11 is 0. The average Bonchev–Trinajstić information content (AvgIpc) is 3.02. The van der Waals surface area contributed by atoms with Gasteiger partial charge in [0, 0.05) is 19.5 Å². The summed E-state index contributed by atoms with van der Waals surface area (Å²) in [5, 5.41) is 7.67. The third-order valence-corrected chi connectivity index (χ3v) is 4.89. The molecule has 94 valence electrons. The lowest BCUT2D eigenvalue weighted by Crippen LogP contribution is -2.38. The van der Waals surface area contributed by atoms with E-state index in [1.165, 1.54) is 25.7 Å². The van der Waals surface area contributed by atoms with Gasteiger partial charge < -0.3 is 5.32 Å². The van der Waals surface area contributed by atoms with Gasteiger partial charge in [-0.2, -0.15) is 5.10 Å². The molecule has 4 heteroatoms. The molecular weight excluding hydrogens is 212 g/mol. The third kappa shape index (κ3) is 1.99. The Bertz CT molecular complexity index is 387. The van der Waals surface area contributed by atoms with Gasteiger partial charge >= 0.3 is 0 Å². The maximum atomic E-state index is 4.35. The number of aromatic nitrogens is 3. The van der Waals surface area contributed by atoms with Gasteiger partial charge in [-0.25, -0.2) is 4.98 Å². The molecule has 2 fully saturated rings. The Balaban J connectivity index is 1.70. The largest absolute Gasteiger partial charge is 0.316 e. The second-order valence-electron chi connectivity index (χ2n) is 5.74. The quantitative estimate of drug-likeness (QED) is 0.856. The molecule has 1 heterocycles. The van der Waals surface area contributed by atoms with Crippen molar-refractivity contribution in [1.82, 2.24) is 20.1 Å². The van der Waals surface area contributed by atoms with E-state index >= 15 is 0 Å². The van der Waals surface area contributed by atoms with E-state index in [-0.39, 0.29) is 0 Å². The van der Waals surface area contributed by atoms with Crippen LogP contribution in [0.5, 0.6) is 0 Å². The fraction of sp³-hybridized carbons (Fsp3) is 0.846. The summed E-state index contributed by atoms with van der Waals surface area (Å²) in [6.07, 6.45) is 8.49. The van der Waals surface area contributed by atoms with Crippen LogP contribution in [-0.4, -0.2) is 27.9 Å². The molecule has 0 radical (unpaired) electrons. The third-order valence-electron chi connectivity index (χ3n) is 4.89. The van der Waals surface area contributed by atoms with Crippen LogP contribution in [-0.2, 0) is 13.5 Å². The van der Waals surface area contributed by atoms with Crippen molar-refractivity contribution in [1.29, 1.82) is 0 Å². The van der Waals surface area contributed by atoms with Crippen molar-refractivity contribution in [3.8, 4) is 0 Å². The number of hydrogen-bond donors (Lipinski definition) is 1. The smallest absolute Gasteiger partial charge is 0.138 e. The summed E-state index contributed by atoms with van der Waals surface area (Å²) < 4.78 is 1.90. The zero-order valence-corrected chi connectivity index (χ0v) is 10.8. The lowest BCUT2D eigenvalue weighted by molar-refractivity contribution is 0.252. The van der Waals surface area contributed by atoms with Gasteiger partial charge in [-0.05, 0) is 44.1 Å². The molecule has 0 aromatic carbocycles. The van der Waals surface area contributed by atoms with Gasteiger partial charge in [0.2, 0.25) is 0 Å². The van der Waals surface area contributed by atoms with Crippen molar-refractivity contribution in [2.75, 3.05) is 7.05 Å². The van der Waals surface area contributed by atoms with Crippen LogP contribution < -0.4 is 5.32 Å². The SMILES string of the molecule is CNC(Cc1ncnn1C)C1CC2CCC1C2. The standard InChI is InChI=1S/C13H22N4/c1-14-12(7-13-15-8-16-17(13)2)11-6-9-3-4-10(11)5-9/h8-12,14H,3-7H2,1-2H3. The first kappa shape index (κ1) is 11.2. The molecule has 4 atom stereocenters. The van der Waals surface area contributed by atoms with Crippen molar-refractivity contribution in [2.45, 2.75) is 38.1 Å². The number of nitrogens with one attached hydrogen (secondary N) is 1. The lowest BCUT2D eigenvalue weighted by Gasteiger charge is -2.30. The first-order valence-electron chi connectivity index (χ1n) is 6.78. The van der Waals surface area contributed by atoms with Gasteiger partial charge in [0.1, 0.15) is 12.2 Å². The van der Waals surface area contributed by atoms with Gasteiger partial charge in [0.05, 0.1) is 0 Å². The van der Waals surface area contributed by atoms with Crippen LogP contribution in [0.15, 0.2) is 6.33 Å². The van der Waals surface area contributed by atoms with E-state index in [0.717, 1.165) is 30.0 Å². The van der Waals surface area contributed by atoms with Gasteiger partial charge in [-0.1, -0.05) is 6.42 Å². The maximum Gasteiger partial charge on any atom is 0.138 e. The minimum atomic E-state index is 0.577. The van der Waals surface area contributed by atoms with Gasteiger partial charge in [0.25, 0.3) is 0 Å². The molecule has 2 aliphatic rings. The topological polar surface area (TPSA) is 42.7 Å². The lowest BCUT2D eigenvalue weighted by atomic mass is 9.82. The Hall–Kier alpha value is -0.900. The summed E-state index contributed by atoms with van der Waals surface area (Å²) in [4.78, 5) is 4.35. The molecule has 1 aromatic rings. The molecule has 0 aliphatic heterocycles. The summed E-state index contributed by atoms with van der Waals surface area (Å²) in [5.41, 5.74) is 0. The number of hydrogen-bond acceptors (Lipinski definition) is 3. The van der Waals surface area contributed by atoms with Crippen molar-refractivity contribution < 1.29 is 0 Å². The minimum Gasteiger partial charge on any atom is -0.316 e.